The first-order valence-corrected chi connectivity index (χ1v) is 16.5. The van der Waals surface area contributed by atoms with Crippen molar-refractivity contribution in [2.24, 2.45) is 0 Å². The molecule has 1 spiro atoms. The van der Waals surface area contributed by atoms with Crippen LogP contribution >= 0.6 is 0 Å². The number of nitrogens with zero attached hydrogens (tertiary/aromatic N) is 1. The Morgan fingerprint density at radius 3 is 2.06 bits per heavy atom. The first kappa shape index (κ1) is 19.4. The minimum Gasteiger partial charge on any atom is -0.354 e. The van der Waals surface area contributed by atoms with Crippen LogP contribution in [0.3, 0.4) is 0 Å². The van der Waals surface area contributed by atoms with Gasteiger partial charge in [0.05, 0.1) is 33.1 Å². The predicted octanol–water partition coefficient (Wildman–Crippen LogP) is 11.9. The number of rotatable bonds is 1. The van der Waals surface area contributed by atoms with Crippen molar-refractivity contribution in [3.05, 3.63) is 186 Å². The summed E-state index contributed by atoms with van der Waals surface area (Å²) in [5.74, 6) is 0. The van der Waals surface area contributed by atoms with Gasteiger partial charge in [0, 0.05) is 38.1 Å². The molecular formula is C47H28N2. The standard InChI is InChI=1S/C47H28N2/c1-2-13-29-28(12-1)24-25-43-45(29)35-26-34-32-16-6-10-22-40(32)48-41(34)27-44(35)49(43)42-23-11-21-39-46(42)33-17-5-9-20-38(33)47(39)36-18-7-3-14-30(36)31-15-4-8-19-37(31)47/h1-27,48H/i3D,4D,7D,8D,14D,15D,18D,19D. The zero-order valence-electron chi connectivity index (χ0n) is 33.9. The summed E-state index contributed by atoms with van der Waals surface area (Å²) in [5, 5.41) is 6.68. The van der Waals surface area contributed by atoms with E-state index in [9.17, 15) is 5.48 Å². The lowest BCUT2D eigenvalue weighted by Gasteiger charge is -2.30. The highest BCUT2D eigenvalue weighted by molar-refractivity contribution is 6.25. The van der Waals surface area contributed by atoms with E-state index in [4.69, 9.17) is 5.48 Å². The number of aromatic amines is 1. The zero-order chi connectivity index (χ0) is 38.8. The number of benzene rings is 8. The van der Waals surface area contributed by atoms with Crippen LogP contribution in [0.15, 0.2) is 164 Å². The molecule has 0 radical (unpaired) electrons. The van der Waals surface area contributed by atoms with Gasteiger partial charge in [-0.25, -0.2) is 0 Å². The minimum absolute atomic E-state index is 0.112. The number of H-pyrrole nitrogens is 1. The van der Waals surface area contributed by atoms with E-state index < -0.39 is 29.6 Å². The highest BCUT2D eigenvalue weighted by Gasteiger charge is 2.52. The number of hydrogen-bond donors (Lipinski definition) is 1. The summed E-state index contributed by atoms with van der Waals surface area (Å²) < 4.78 is 74.9. The maximum absolute atomic E-state index is 9.50. The Bertz CT molecular complexity index is 3450. The van der Waals surface area contributed by atoms with E-state index >= 15 is 0 Å². The Hall–Kier alpha value is -6.38. The first-order chi connectivity index (χ1) is 27.6. The molecule has 0 fully saturated rings. The lowest BCUT2D eigenvalue weighted by molar-refractivity contribution is 0.793. The maximum atomic E-state index is 9.50. The van der Waals surface area contributed by atoms with Gasteiger partial charge in [-0.1, -0.05) is 133 Å². The van der Waals surface area contributed by atoms with Crippen LogP contribution < -0.4 is 0 Å². The van der Waals surface area contributed by atoms with Gasteiger partial charge in [0.25, 0.3) is 0 Å². The summed E-state index contributed by atoms with van der Waals surface area (Å²) in [6.07, 6.45) is 0. The van der Waals surface area contributed by atoms with Crippen molar-refractivity contribution in [3.8, 4) is 27.9 Å². The lowest BCUT2D eigenvalue weighted by Crippen LogP contribution is -2.25. The van der Waals surface area contributed by atoms with Crippen molar-refractivity contribution in [3.63, 3.8) is 0 Å². The van der Waals surface area contributed by atoms with Gasteiger partial charge in [-0.3, -0.25) is 0 Å². The van der Waals surface area contributed by atoms with Crippen molar-refractivity contribution < 1.29 is 11.0 Å². The SMILES string of the molecule is [2H]c1c([2H])c([2H])c2c(c1[2H])-c1c([2H])c([2H])c([2H])c([2H])c1C21c2ccccc2-c2c(-n3c4cc5[nH]c6ccccc6c5cc4c4c5ccccc5ccc43)cccc21. The van der Waals surface area contributed by atoms with Gasteiger partial charge >= 0.3 is 0 Å². The molecule has 49 heavy (non-hydrogen) atoms. The fraction of sp³-hybridized carbons (Fsp3) is 0.0213. The van der Waals surface area contributed by atoms with Crippen LogP contribution in [0.4, 0.5) is 0 Å². The van der Waals surface area contributed by atoms with Gasteiger partial charge < -0.3 is 9.55 Å². The quantitative estimate of drug-likeness (QED) is 0.187. The molecule has 0 aliphatic heterocycles. The van der Waals surface area contributed by atoms with Crippen LogP contribution in [0.5, 0.6) is 0 Å². The van der Waals surface area contributed by atoms with Crippen LogP contribution in [-0.2, 0) is 5.41 Å². The van der Waals surface area contributed by atoms with E-state index in [1.165, 1.54) is 0 Å². The second kappa shape index (κ2) is 8.94. The second-order valence-corrected chi connectivity index (χ2v) is 13.1. The molecule has 8 aromatic carbocycles. The fourth-order valence-electron chi connectivity index (χ4n) is 9.11. The highest BCUT2D eigenvalue weighted by atomic mass is 15.0. The van der Waals surface area contributed by atoms with Crippen LogP contribution in [0.25, 0.3) is 82.3 Å². The van der Waals surface area contributed by atoms with Gasteiger partial charge in [-0.05, 0) is 80.0 Å². The van der Waals surface area contributed by atoms with Gasteiger partial charge in [-0.2, -0.15) is 0 Å². The number of aromatic nitrogens is 2. The van der Waals surface area contributed by atoms with E-state index in [1.54, 1.807) is 0 Å². The van der Waals surface area contributed by atoms with E-state index in [2.05, 4.69) is 76.3 Å². The molecule has 2 heterocycles. The highest BCUT2D eigenvalue weighted by Crippen LogP contribution is 2.63. The second-order valence-electron chi connectivity index (χ2n) is 13.1. The summed E-state index contributed by atoms with van der Waals surface area (Å²) >= 11 is 0. The van der Waals surface area contributed by atoms with Crippen molar-refractivity contribution in [1.29, 1.82) is 0 Å². The topological polar surface area (TPSA) is 20.7 Å². The van der Waals surface area contributed by atoms with Gasteiger partial charge in [0.1, 0.15) is 0 Å². The molecule has 0 amide bonds. The van der Waals surface area contributed by atoms with E-state index in [1.807, 2.05) is 48.5 Å². The number of nitrogens with one attached hydrogen (secondary N) is 1. The number of hydrogen-bond acceptors (Lipinski definition) is 0. The van der Waals surface area contributed by atoms with Crippen LogP contribution in [0, 0.1) is 0 Å². The Labute approximate surface area is 293 Å². The van der Waals surface area contributed by atoms with Gasteiger partial charge in [-0.15, -0.1) is 0 Å². The average molecular weight is 629 g/mol. The lowest BCUT2D eigenvalue weighted by atomic mass is 9.70. The predicted molar refractivity (Wildman–Crippen MR) is 204 cm³/mol. The van der Waals surface area contributed by atoms with Crippen LogP contribution in [0.2, 0.25) is 0 Å². The molecule has 1 N–H and O–H groups in total. The Kier molecular flexibility index (Phi) is 3.55. The Balaban J connectivity index is 1.29. The zero-order valence-corrected chi connectivity index (χ0v) is 25.9. The smallest absolute Gasteiger partial charge is 0.0726 e. The molecule has 226 valence electrons. The van der Waals surface area contributed by atoms with E-state index in [0.717, 1.165) is 71.2 Å². The normalized spacial score (nSPS) is 16.2. The third-order valence-corrected chi connectivity index (χ3v) is 10.9. The Morgan fingerprint density at radius 1 is 0.490 bits per heavy atom. The molecule has 2 heteroatoms. The van der Waals surface area contributed by atoms with Crippen molar-refractivity contribution >= 4 is 54.4 Å². The number of para-hydroxylation sites is 1. The summed E-state index contributed by atoms with van der Waals surface area (Å²) in [7, 11) is 0. The third kappa shape index (κ3) is 3.00. The summed E-state index contributed by atoms with van der Waals surface area (Å²) in [6.45, 7) is 0. The molecule has 2 aliphatic carbocycles. The summed E-state index contributed by atoms with van der Waals surface area (Å²) in [5.41, 5.74) is 7.13. The van der Waals surface area contributed by atoms with Crippen LogP contribution in [-0.4, -0.2) is 9.55 Å². The maximum Gasteiger partial charge on any atom is 0.0726 e. The first-order valence-electron chi connectivity index (χ1n) is 20.5. The Morgan fingerprint density at radius 2 is 1.20 bits per heavy atom. The minimum atomic E-state index is -1.48. The molecule has 2 aliphatic rings. The van der Waals surface area contributed by atoms with Gasteiger partial charge in [0.15, 0.2) is 0 Å². The number of fused-ring (bicyclic) bond motifs is 18. The summed E-state index contributed by atoms with van der Waals surface area (Å²) in [4.78, 5) is 3.65. The van der Waals surface area contributed by atoms with Crippen molar-refractivity contribution in [2.75, 3.05) is 0 Å². The van der Waals surface area contributed by atoms with E-state index in [-0.39, 0.29) is 46.4 Å². The largest absolute Gasteiger partial charge is 0.354 e. The monoisotopic (exact) mass is 628 g/mol. The van der Waals surface area contributed by atoms with Gasteiger partial charge in [0.2, 0.25) is 0 Å². The van der Waals surface area contributed by atoms with Crippen molar-refractivity contribution in [1.82, 2.24) is 9.55 Å². The third-order valence-electron chi connectivity index (χ3n) is 10.9. The van der Waals surface area contributed by atoms with E-state index in [0.29, 0.717) is 11.1 Å². The van der Waals surface area contributed by atoms with Crippen LogP contribution in [0.1, 0.15) is 33.2 Å². The molecule has 0 saturated heterocycles. The molecule has 2 nitrogen and oxygen atoms in total. The van der Waals surface area contributed by atoms with Crippen molar-refractivity contribution in [2.45, 2.75) is 5.41 Å². The molecule has 12 rings (SSSR count). The molecule has 0 bridgehead atoms. The molecule has 0 unspecified atom stereocenters. The summed E-state index contributed by atoms with van der Waals surface area (Å²) in [6, 6.07) is 36.4. The molecule has 2 aromatic heterocycles. The fourth-order valence-corrected chi connectivity index (χ4v) is 9.11. The molecular weight excluding hydrogens is 593 g/mol. The average Bonchev–Trinajstić information content (AvgIpc) is 3.95. The molecule has 0 saturated carbocycles. The molecule has 10 aromatic rings. The molecule has 0 atom stereocenters.